The van der Waals surface area contributed by atoms with Gasteiger partial charge < -0.3 is 9.64 Å². The highest BCUT2D eigenvalue weighted by Crippen LogP contribution is 2.37. The van der Waals surface area contributed by atoms with E-state index in [1.54, 1.807) is 18.4 Å². The van der Waals surface area contributed by atoms with Crippen LogP contribution >= 0.6 is 11.3 Å². The van der Waals surface area contributed by atoms with Crippen LogP contribution in [0.1, 0.15) is 44.4 Å². The Morgan fingerprint density at radius 2 is 2.04 bits per heavy atom. The topological polar surface area (TPSA) is 42.7 Å². The molecule has 0 radical (unpaired) electrons. The third-order valence-electron chi connectivity index (χ3n) is 4.84. The van der Waals surface area contributed by atoms with Gasteiger partial charge in [0.2, 0.25) is 10.1 Å². The Labute approximate surface area is 152 Å². The van der Waals surface area contributed by atoms with Gasteiger partial charge in [0.05, 0.1) is 19.0 Å². The number of para-hydroxylation sites is 1. The minimum Gasteiger partial charge on any atom is -0.496 e. The Hall–Kier alpha value is -2.08. The fourth-order valence-corrected chi connectivity index (χ4v) is 4.29. The molecule has 1 aromatic carbocycles. The summed E-state index contributed by atoms with van der Waals surface area (Å²) in [6.07, 6.45) is 3.18. The maximum atomic E-state index is 5.53. The summed E-state index contributed by atoms with van der Waals surface area (Å²) in [6, 6.07) is 8.34. The molecule has 6 heteroatoms. The molecule has 0 amide bonds. The highest BCUT2D eigenvalue weighted by atomic mass is 32.1. The zero-order valence-corrected chi connectivity index (χ0v) is 16.0. The average molecular weight is 356 g/mol. The predicted octanol–water partition coefficient (Wildman–Crippen LogP) is 4.09. The summed E-state index contributed by atoms with van der Waals surface area (Å²) in [7, 11) is 1.74. The van der Waals surface area contributed by atoms with E-state index < -0.39 is 0 Å². The molecule has 1 aliphatic heterocycles. The number of imidazole rings is 1. The van der Waals surface area contributed by atoms with Crippen molar-refractivity contribution >= 4 is 21.4 Å². The number of benzene rings is 1. The molecule has 0 N–H and O–H groups in total. The van der Waals surface area contributed by atoms with Crippen molar-refractivity contribution in [1.29, 1.82) is 0 Å². The van der Waals surface area contributed by atoms with E-state index in [0.29, 0.717) is 5.92 Å². The summed E-state index contributed by atoms with van der Waals surface area (Å²) in [6.45, 7) is 8.53. The lowest BCUT2D eigenvalue weighted by Crippen LogP contribution is -2.19. The van der Waals surface area contributed by atoms with Crippen molar-refractivity contribution in [3.63, 3.8) is 0 Å². The Bertz CT molecular complexity index is 861. The van der Waals surface area contributed by atoms with Crippen LogP contribution in [0.4, 0.5) is 5.13 Å². The molecule has 2 aromatic heterocycles. The Kier molecular flexibility index (Phi) is 3.95. The largest absolute Gasteiger partial charge is 0.496 e. The summed E-state index contributed by atoms with van der Waals surface area (Å²) in [5.41, 5.74) is 2.44. The van der Waals surface area contributed by atoms with Crippen LogP contribution in [0.2, 0.25) is 0 Å². The van der Waals surface area contributed by atoms with Gasteiger partial charge in [-0.3, -0.25) is 0 Å². The van der Waals surface area contributed by atoms with Gasteiger partial charge in [0, 0.05) is 24.4 Å². The average Bonchev–Trinajstić information content (AvgIpc) is 3.27. The second-order valence-electron chi connectivity index (χ2n) is 7.66. The summed E-state index contributed by atoms with van der Waals surface area (Å²) < 4.78 is 7.46. The Morgan fingerprint density at radius 1 is 1.24 bits per heavy atom. The fourth-order valence-electron chi connectivity index (χ4n) is 3.37. The number of anilines is 1. The van der Waals surface area contributed by atoms with Gasteiger partial charge in [-0.05, 0) is 18.1 Å². The molecule has 1 aliphatic rings. The van der Waals surface area contributed by atoms with Crippen LogP contribution in [0.5, 0.6) is 5.75 Å². The first-order valence-corrected chi connectivity index (χ1v) is 9.52. The maximum absolute atomic E-state index is 5.53. The van der Waals surface area contributed by atoms with Crippen molar-refractivity contribution in [2.45, 2.75) is 38.5 Å². The molecule has 1 saturated heterocycles. The van der Waals surface area contributed by atoms with Crippen LogP contribution in [0.15, 0.2) is 30.5 Å². The third kappa shape index (κ3) is 2.99. The van der Waals surface area contributed by atoms with E-state index in [4.69, 9.17) is 14.8 Å². The van der Waals surface area contributed by atoms with E-state index in [2.05, 4.69) is 44.0 Å². The lowest BCUT2D eigenvalue weighted by molar-refractivity contribution is 0.406. The number of rotatable bonds is 3. The van der Waals surface area contributed by atoms with E-state index in [0.717, 1.165) is 41.0 Å². The van der Waals surface area contributed by atoms with Gasteiger partial charge in [0.25, 0.3) is 0 Å². The molecule has 0 aliphatic carbocycles. The molecule has 1 atom stereocenters. The third-order valence-corrected chi connectivity index (χ3v) is 5.82. The lowest BCUT2D eigenvalue weighted by atomic mass is 9.93. The van der Waals surface area contributed by atoms with Gasteiger partial charge in [0.1, 0.15) is 5.75 Å². The van der Waals surface area contributed by atoms with Crippen LogP contribution < -0.4 is 9.64 Å². The number of hydrogen-bond donors (Lipinski definition) is 0. The SMILES string of the molecule is COc1ccccc1C1CCN(c2nn3cc(C(C)(C)C)nc3s2)C1. The van der Waals surface area contributed by atoms with Crippen LogP contribution in [-0.4, -0.2) is 34.8 Å². The van der Waals surface area contributed by atoms with Gasteiger partial charge in [-0.1, -0.05) is 50.3 Å². The predicted molar refractivity (Wildman–Crippen MR) is 102 cm³/mol. The number of ether oxygens (including phenoxy) is 1. The number of nitrogens with zero attached hydrogens (tertiary/aromatic N) is 4. The van der Waals surface area contributed by atoms with Crippen molar-refractivity contribution in [1.82, 2.24) is 14.6 Å². The second-order valence-corrected chi connectivity index (χ2v) is 8.60. The zero-order valence-electron chi connectivity index (χ0n) is 15.2. The molecule has 3 heterocycles. The highest BCUT2D eigenvalue weighted by Gasteiger charge is 2.28. The normalized spacial score (nSPS) is 18.2. The zero-order chi connectivity index (χ0) is 17.6. The van der Waals surface area contributed by atoms with Gasteiger partial charge in [-0.25, -0.2) is 9.50 Å². The summed E-state index contributed by atoms with van der Waals surface area (Å²) >= 11 is 1.67. The van der Waals surface area contributed by atoms with Crippen molar-refractivity contribution in [3.05, 3.63) is 41.7 Å². The molecule has 3 aromatic rings. The van der Waals surface area contributed by atoms with E-state index in [1.165, 1.54) is 5.56 Å². The molecule has 5 nitrogen and oxygen atoms in total. The monoisotopic (exact) mass is 356 g/mol. The highest BCUT2D eigenvalue weighted by molar-refractivity contribution is 7.20. The quantitative estimate of drug-likeness (QED) is 0.709. The first-order valence-electron chi connectivity index (χ1n) is 8.70. The second kappa shape index (κ2) is 6.02. The van der Waals surface area contributed by atoms with Gasteiger partial charge in [0.15, 0.2) is 0 Å². The summed E-state index contributed by atoms with van der Waals surface area (Å²) in [5, 5.41) is 5.82. The molecule has 1 fully saturated rings. The number of hydrogen-bond acceptors (Lipinski definition) is 5. The van der Waals surface area contributed by atoms with Crippen molar-refractivity contribution < 1.29 is 4.74 Å². The van der Waals surface area contributed by atoms with E-state index in [-0.39, 0.29) is 5.41 Å². The molecule has 1 unspecified atom stereocenters. The lowest BCUT2D eigenvalue weighted by Gasteiger charge is -2.16. The molecular formula is C19H24N4OS. The first kappa shape index (κ1) is 16.4. The van der Waals surface area contributed by atoms with E-state index in [1.807, 2.05) is 16.6 Å². The molecule has 132 valence electrons. The van der Waals surface area contributed by atoms with Crippen molar-refractivity contribution in [2.24, 2.45) is 0 Å². The number of methoxy groups -OCH3 is 1. The number of fused-ring (bicyclic) bond motifs is 1. The van der Waals surface area contributed by atoms with E-state index in [9.17, 15) is 0 Å². The minimum absolute atomic E-state index is 0.0518. The first-order chi connectivity index (χ1) is 12.0. The smallest absolute Gasteiger partial charge is 0.214 e. The van der Waals surface area contributed by atoms with Gasteiger partial charge in [-0.2, -0.15) is 0 Å². The molecule has 4 rings (SSSR count). The van der Waals surface area contributed by atoms with Crippen LogP contribution in [0, 0.1) is 0 Å². The number of aromatic nitrogens is 3. The maximum Gasteiger partial charge on any atom is 0.214 e. The Balaban J connectivity index is 1.55. The molecular weight excluding hydrogens is 332 g/mol. The molecule has 0 spiro atoms. The van der Waals surface area contributed by atoms with Gasteiger partial charge >= 0.3 is 0 Å². The molecule has 0 bridgehead atoms. The molecule has 25 heavy (non-hydrogen) atoms. The summed E-state index contributed by atoms with van der Waals surface area (Å²) in [4.78, 5) is 8.09. The fraction of sp³-hybridized carbons (Fsp3) is 0.474. The van der Waals surface area contributed by atoms with Crippen LogP contribution in [-0.2, 0) is 5.41 Å². The van der Waals surface area contributed by atoms with Gasteiger partial charge in [-0.15, -0.1) is 5.10 Å². The Morgan fingerprint density at radius 3 is 2.76 bits per heavy atom. The summed E-state index contributed by atoms with van der Waals surface area (Å²) in [5.74, 6) is 1.47. The van der Waals surface area contributed by atoms with Crippen molar-refractivity contribution in [2.75, 3.05) is 25.1 Å². The minimum atomic E-state index is 0.0518. The van der Waals surface area contributed by atoms with Crippen LogP contribution in [0.3, 0.4) is 0 Å². The standard InChI is InChI=1S/C19H24N4OS/c1-19(2,3)16-12-23-17(20-16)25-18(21-23)22-10-9-13(11-22)14-7-5-6-8-15(14)24-4/h5-8,12-13H,9-11H2,1-4H3. The van der Waals surface area contributed by atoms with E-state index >= 15 is 0 Å². The van der Waals surface area contributed by atoms with Crippen molar-refractivity contribution in [3.8, 4) is 5.75 Å². The molecule has 0 saturated carbocycles. The van der Waals surface area contributed by atoms with Crippen LogP contribution in [0.25, 0.3) is 4.96 Å².